The maximum Gasteiger partial charge on any atom is 0.0314 e. The average Bonchev–Trinajstić information content (AvgIpc) is 2.57. The summed E-state index contributed by atoms with van der Waals surface area (Å²) >= 11 is 0. The highest BCUT2D eigenvalue weighted by molar-refractivity contribution is 5.39. The van der Waals surface area contributed by atoms with Crippen molar-refractivity contribution in [2.24, 2.45) is 5.92 Å². The Labute approximate surface area is 98.2 Å². The lowest BCUT2D eigenvalue weighted by Gasteiger charge is -2.13. The van der Waals surface area contributed by atoms with Crippen LogP contribution in [0.2, 0.25) is 0 Å². The minimum absolute atomic E-state index is 0.863. The fourth-order valence-electron chi connectivity index (χ4n) is 2.44. The lowest BCUT2D eigenvalue weighted by molar-refractivity contribution is 0.439. The van der Waals surface area contributed by atoms with Gasteiger partial charge in [-0.25, -0.2) is 0 Å². The first kappa shape index (κ1) is 11.5. The molecule has 1 aliphatic heterocycles. The summed E-state index contributed by atoms with van der Waals surface area (Å²) in [6.45, 7) is 2.41. The van der Waals surface area contributed by atoms with Crippen molar-refractivity contribution in [3.05, 3.63) is 29.8 Å². The Morgan fingerprint density at radius 2 is 1.94 bits per heavy atom. The van der Waals surface area contributed by atoms with E-state index in [1.165, 1.54) is 50.8 Å². The Bertz CT molecular complexity index is 297. The van der Waals surface area contributed by atoms with E-state index >= 15 is 0 Å². The molecule has 1 aliphatic rings. The van der Waals surface area contributed by atoms with Crippen LogP contribution in [0, 0.1) is 5.92 Å². The van der Waals surface area contributed by atoms with Gasteiger partial charge in [0.2, 0.25) is 0 Å². The lowest BCUT2D eigenvalue weighted by Crippen LogP contribution is -2.14. The van der Waals surface area contributed by atoms with Crippen LogP contribution in [0.1, 0.15) is 31.2 Å². The normalized spacial score (nSPS) is 21.6. The molecule has 2 nitrogen and oxygen atoms in total. The number of nitrogen functional groups attached to an aromatic ring is 1. The molecule has 1 saturated heterocycles. The van der Waals surface area contributed by atoms with Crippen LogP contribution in [0.3, 0.4) is 0 Å². The summed E-state index contributed by atoms with van der Waals surface area (Å²) < 4.78 is 0. The zero-order valence-electron chi connectivity index (χ0n) is 9.91. The van der Waals surface area contributed by atoms with E-state index in [9.17, 15) is 0 Å². The molecule has 0 aliphatic carbocycles. The van der Waals surface area contributed by atoms with Gasteiger partial charge in [0.1, 0.15) is 0 Å². The number of anilines is 1. The minimum atomic E-state index is 0.863. The van der Waals surface area contributed by atoms with Crippen molar-refractivity contribution in [2.75, 3.05) is 18.8 Å². The smallest absolute Gasteiger partial charge is 0.0314 e. The number of nitrogens with one attached hydrogen (secondary N) is 1. The second-order valence-corrected chi connectivity index (χ2v) is 4.83. The van der Waals surface area contributed by atoms with Crippen LogP contribution in [-0.2, 0) is 6.42 Å². The summed E-state index contributed by atoms with van der Waals surface area (Å²) in [6, 6.07) is 8.32. The Balaban J connectivity index is 1.79. The van der Waals surface area contributed by atoms with Gasteiger partial charge in [-0.3, -0.25) is 0 Å². The van der Waals surface area contributed by atoms with Gasteiger partial charge in [-0.15, -0.1) is 0 Å². The second kappa shape index (κ2) is 5.90. The first-order valence-electron chi connectivity index (χ1n) is 6.40. The molecular weight excluding hydrogens is 196 g/mol. The quantitative estimate of drug-likeness (QED) is 0.765. The zero-order valence-corrected chi connectivity index (χ0v) is 9.91. The molecule has 1 aromatic rings. The summed E-state index contributed by atoms with van der Waals surface area (Å²) in [7, 11) is 0. The topological polar surface area (TPSA) is 38.0 Å². The average molecular weight is 218 g/mol. The molecule has 1 aromatic carbocycles. The third kappa shape index (κ3) is 3.53. The fraction of sp³-hybridized carbons (Fsp3) is 0.571. The van der Waals surface area contributed by atoms with Gasteiger partial charge in [-0.1, -0.05) is 12.1 Å². The third-order valence-corrected chi connectivity index (χ3v) is 3.52. The molecule has 1 fully saturated rings. The molecule has 0 saturated carbocycles. The molecule has 2 rings (SSSR count). The van der Waals surface area contributed by atoms with E-state index in [-0.39, 0.29) is 0 Å². The van der Waals surface area contributed by atoms with E-state index < -0.39 is 0 Å². The van der Waals surface area contributed by atoms with E-state index in [4.69, 9.17) is 5.73 Å². The van der Waals surface area contributed by atoms with Crippen molar-refractivity contribution < 1.29 is 0 Å². The predicted octanol–water partition coefficient (Wildman–Crippen LogP) is 2.59. The molecule has 88 valence electrons. The zero-order chi connectivity index (χ0) is 11.2. The van der Waals surface area contributed by atoms with E-state index in [2.05, 4.69) is 17.4 Å². The van der Waals surface area contributed by atoms with Gasteiger partial charge in [0.15, 0.2) is 0 Å². The van der Waals surface area contributed by atoms with Crippen LogP contribution in [0.25, 0.3) is 0 Å². The Kier molecular flexibility index (Phi) is 4.23. The minimum Gasteiger partial charge on any atom is -0.399 e. The molecule has 2 heteroatoms. The number of hydrogen-bond acceptors (Lipinski definition) is 2. The molecule has 0 aromatic heterocycles. The van der Waals surface area contributed by atoms with Crippen LogP contribution in [0.4, 0.5) is 5.69 Å². The largest absolute Gasteiger partial charge is 0.399 e. The summed E-state index contributed by atoms with van der Waals surface area (Å²) in [5.74, 6) is 0.910. The van der Waals surface area contributed by atoms with Crippen molar-refractivity contribution in [3.63, 3.8) is 0 Å². The predicted molar refractivity (Wildman–Crippen MR) is 69.4 cm³/mol. The number of aryl methyl sites for hydroxylation is 1. The number of hydrogen-bond donors (Lipinski definition) is 2. The number of benzene rings is 1. The van der Waals surface area contributed by atoms with E-state index in [1.807, 2.05) is 12.1 Å². The van der Waals surface area contributed by atoms with Gasteiger partial charge in [0.25, 0.3) is 0 Å². The summed E-state index contributed by atoms with van der Waals surface area (Å²) in [6.07, 6.45) is 6.60. The van der Waals surface area contributed by atoms with Crippen molar-refractivity contribution in [1.29, 1.82) is 0 Å². The van der Waals surface area contributed by atoms with Gasteiger partial charge in [-0.2, -0.15) is 0 Å². The van der Waals surface area contributed by atoms with Crippen LogP contribution in [0.15, 0.2) is 24.3 Å². The monoisotopic (exact) mass is 218 g/mol. The molecule has 0 bridgehead atoms. The van der Waals surface area contributed by atoms with Gasteiger partial charge in [0, 0.05) is 5.69 Å². The van der Waals surface area contributed by atoms with Crippen LogP contribution < -0.4 is 11.1 Å². The van der Waals surface area contributed by atoms with Crippen LogP contribution in [-0.4, -0.2) is 13.1 Å². The molecule has 1 unspecified atom stereocenters. The highest BCUT2D eigenvalue weighted by Crippen LogP contribution is 2.20. The summed E-state index contributed by atoms with van der Waals surface area (Å²) in [4.78, 5) is 0. The Hall–Kier alpha value is -1.02. The van der Waals surface area contributed by atoms with Gasteiger partial charge >= 0.3 is 0 Å². The maximum atomic E-state index is 5.68. The maximum absolute atomic E-state index is 5.68. The molecule has 0 amide bonds. The molecule has 0 spiro atoms. The Morgan fingerprint density at radius 1 is 1.12 bits per heavy atom. The van der Waals surface area contributed by atoms with Crippen molar-refractivity contribution in [1.82, 2.24) is 5.32 Å². The van der Waals surface area contributed by atoms with Crippen molar-refractivity contribution in [3.8, 4) is 0 Å². The molecule has 1 atom stereocenters. The molecule has 16 heavy (non-hydrogen) atoms. The summed E-state index contributed by atoms with van der Waals surface area (Å²) in [5.41, 5.74) is 7.96. The SMILES string of the molecule is Nc1ccc(CCC2CCCNCC2)cc1. The number of nitrogens with two attached hydrogens (primary N) is 1. The molecule has 3 N–H and O–H groups in total. The van der Waals surface area contributed by atoms with Crippen molar-refractivity contribution in [2.45, 2.75) is 32.1 Å². The van der Waals surface area contributed by atoms with Crippen molar-refractivity contribution >= 4 is 5.69 Å². The van der Waals surface area contributed by atoms with Crippen LogP contribution in [0.5, 0.6) is 0 Å². The van der Waals surface area contributed by atoms with E-state index in [1.54, 1.807) is 0 Å². The van der Waals surface area contributed by atoms with Gasteiger partial charge < -0.3 is 11.1 Å². The van der Waals surface area contributed by atoms with Gasteiger partial charge in [-0.05, 0) is 68.8 Å². The van der Waals surface area contributed by atoms with Crippen LogP contribution >= 0.6 is 0 Å². The third-order valence-electron chi connectivity index (χ3n) is 3.52. The van der Waals surface area contributed by atoms with E-state index in [0.29, 0.717) is 0 Å². The van der Waals surface area contributed by atoms with Gasteiger partial charge in [0.05, 0.1) is 0 Å². The Morgan fingerprint density at radius 3 is 2.75 bits per heavy atom. The number of rotatable bonds is 3. The first-order chi connectivity index (χ1) is 7.84. The first-order valence-corrected chi connectivity index (χ1v) is 6.40. The fourth-order valence-corrected chi connectivity index (χ4v) is 2.44. The molecule has 0 radical (unpaired) electrons. The second-order valence-electron chi connectivity index (χ2n) is 4.83. The summed E-state index contributed by atoms with van der Waals surface area (Å²) in [5, 5.41) is 3.47. The lowest BCUT2D eigenvalue weighted by atomic mass is 9.93. The molecule has 1 heterocycles. The molecular formula is C14H22N2. The highest BCUT2D eigenvalue weighted by atomic mass is 14.8. The standard InChI is InChI=1S/C14H22N2/c15-14-7-5-13(6-8-14)4-3-12-2-1-10-16-11-9-12/h5-8,12,16H,1-4,9-11,15H2. The highest BCUT2D eigenvalue weighted by Gasteiger charge is 2.11. The van der Waals surface area contributed by atoms with E-state index in [0.717, 1.165) is 11.6 Å².